The fourth-order valence-electron chi connectivity index (χ4n) is 3.03. The van der Waals surface area contributed by atoms with Gasteiger partial charge in [-0.15, -0.1) is 11.3 Å². The Kier molecular flexibility index (Phi) is 5.30. The van der Waals surface area contributed by atoms with Crippen molar-refractivity contribution >= 4 is 43.8 Å². The maximum atomic E-state index is 11.8. The van der Waals surface area contributed by atoms with Gasteiger partial charge in [0.05, 0.1) is 8.13 Å². The molecule has 0 bridgehead atoms. The zero-order chi connectivity index (χ0) is 14.0. The molecule has 0 amide bonds. The Labute approximate surface area is 133 Å². The largest absolute Gasteiger partial charge is 0.313 e. The van der Waals surface area contributed by atoms with E-state index < -0.39 is 9.84 Å². The molecule has 0 aliphatic heterocycles. The van der Waals surface area contributed by atoms with Crippen molar-refractivity contribution in [3.63, 3.8) is 0 Å². The lowest BCUT2D eigenvalue weighted by molar-refractivity contribution is 0.283. The highest BCUT2D eigenvalue weighted by Gasteiger charge is 2.33. The molecule has 3 unspecified atom stereocenters. The molecule has 1 fully saturated rings. The fourth-order valence-corrected chi connectivity index (χ4v) is 5.63. The van der Waals surface area contributed by atoms with Crippen molar-refractivity contribution in [2.75, 3.05) is 13.3 Å². The Morgan fingerprint density at radius 3 is 2.74 bits per heavy atom. The van der Waals surface area contributed by atoms with Crippen LogP contribution < -0.4 is 5.32 Å². The maximum absolute atomic E-state index is 11.8. The van der Waals surface area contributed by atoms with E-state index in [0.717, 1.165) is 25.7 Å². The van der Waals surface area contributed by atoms with Gasteiger partial charge in [0.25, 0.3) is 0 Å². The van der Waals surface area contributed by atoms with E-state index in [1.165, 1.54) is 14.7 Å². The van der Waals surface area contributed by atoms with E-state index in [9.17, 15) is 8.42 Å². The molecule has 0 aromatic carbocycles. The number of thiophene rings is 1. The second-order valence-corrected chi connectivity index (χ2v) is 10.5. The Morgan fingerprint density at radius 1 is 1.47 bits per heavy atom. The van der Waals surface area contributed by atoms with Crippen LogP contribution in [0.25, 0.3) is 0 Å². The molecule has 108 valence electrons. The van der Waals surface area contributed by atoms with Gasteiger partial charge in [-0.1, -0.05) is 6.42 Å². The van der Waals surface area contributed by atoms with Crippen molar-refractivity contribution < 1.29 is 8.42 Å². The highest BCUT2D eigenvalue weighted by Crippen LogP contribution is 2.37. The van der Waals surface area contributed by atoms with E-state index in [0.29, 0.717) is 5.92 Å². The van der Waals surface area contributed by atoms with Crippen LogP contribution in [0, 0.1) is 8.80 Å². The molecule has 1 heterocycles. The molecule has 0 spiro atoms. The molecule has 2 rings (SSSR count). The standard InChI is InChI=1S/C13H20INO2S2/c1-15-13(10-7-12(14)18-8-10)9-4-3-5-11(6-9)19(2,16)17/h7-9,11,13,15H,3-6H2,1-2H3. The molecular weight excluding hydrogens is 393 g/mol. The third-order valence-electron chi connectivity index (χ3n) is 4.00. The van der Waals surface area contributed by atoms with Crippen LogP contribution in [0.3, 0.4) is 0 Å². The number of sulfone groups is 1. The van der Waals surface area contributed by atoms with E-state index in [2.05, 4.69) is 39.4 Å². The molecule has 1 aliphatic rings. The van der Waals surface area contributed by atoms with Gasteiger partial charge in [-0.3, -0.25) is 0 Å². The molecule has 0 saturated heterocycles. The molecule has 1 aromatic rings. The summed E-state index contributed by atoms with van der Waals surface area (Å²) in [5, 5.41) is 5.42. The Balaban J connectivity index is 2.15. The second kappa shape index (κ2) is 6.41. The lowest BCUT2D eigenvalue weighted by Crippen LogP contribution is -2.34. The number of halogens is 1. The van der Waals surface area contributed by atoms with E-state index in [1.54, 1.807) is 11.3 Å². The Bertz CT molecular complexity index is 527. The van der Waals surface area contributed by atoms with Gasteiger partial charge in [-0.25, -0.2) is 8.42 Å². The van der Waals surface area contributed by atoms with Gasteiger partial charge in [0.1, 0.15) is 9.84 Å². The summed E-state index contributed by atoms with van der Waals surface area (Å²) in [5.41, 5.74) is 1.30. The molecule has 1 N–H and O–H groups in total. The van der Waals surface area contributed by atoms with Gasteiger partial charge in [0, 0.05) is 12.3 Å². The van der Waals surface area contributed by atoms with Crippen LogP contribution in [0.2, 0.25) is 0 Å². The molecule has 1 saturated carbocycles. The number of hydrogen-bond donors (Lipinski definition) is 1. The summed E-state index contributed by atoms with van der Waals surface area (Å²) in [6.45, 7) is 0. The van der Waals surface area contributed by atoms with E-state index >= 15 is 0 Å². The highest BCUT2D eigenvalue weighted by atomic mass is 127. The third-order valence-corrected chi connectivity index (χ3v) is 7.45. The smallest absolute Gasteiger partial charge is 0.150 e. The summed E-state index contributed by atoms with van der Waals surface area (Å²) in [6.07, 6.45) is 5.12. The molecular formula is C13H20INO2S2. The lowest BCUT2D eigenvalue weighted by atomic mass is 9.81. The second-order valence-electron chi connectivity index (χ2n) is 5.33. The first kappa shape index (κ1) is 15.7. The van der Waals surface area contributed by atoms with Crippen LogP contribution in [-0.4, -0.2) is 27.0 Å². The van der Waals surface area contributed by atoms with Crippen molar-refractivity contribution in [2.45, 2.75) is 37.0 Å². The summed E-state index contributed by atoms with van der Waals surface area (Å²) in [6, 6.07) is 2.49. The van der Waals surface area contributed by atoms with Crippen LogP contribution in [0.15, 0.2) is 11.4 Å². The molecule has 1 aliphatic carbocycles. The van der Waals surface area contributed by atoms with Crippen LogP contribution in [0.4, 0.5) is 0 Å². The normalized spacial score (nSPS) is 26.3. The minimum absolute atomic E-state index is 0.153. The van der Waals surface area contributed by atoms with Gasteiger partial charge in [-0.2, -0.15) is 0 Å². The van der Waals surface area contributed by atoms with Gasteiger partial charge in [0.15, 0.2) is 0 Å². The van der Waals surface area contributed by atoms with Crippen LogP contribution in [0.5, 0.6) is 0 Å². The van der Waals surface area contributed by atoms with Crippen molar-refractivity contribution in [2.24, 2.45) is 5.92 Å². The first-order valence-electron chi connectivity index (χ1n) is 6.52. The third kappa shape index (κ3) is 3.92. The average molecular weight is 413 g/mol. The molecule has 3 nitrogen and oxygen atoms in total. The van der Waals surface area contributed by atoms with Crippen LogP contribution in [-0.2, 0) is 9.84 Å². The number of nitrogens with one attached hydrogen (secondary N) is 1. The van der Waals surface area contributed by atoms with Gasteiger partial charge in [-0.05, 0) is 71.8 Å². The summed E-state index contributed by atoms with van der Waals surface area (Å²) in [7, 11) is -0.933. The molecule has 19 heavy (non-hydrogen) atoms. The monoisotopic (exact) mass is 413 g/mol. The van der Waals surface area contributed by atoms with E-state index in [1.807, 2.05) is 7.05 Å². The number of hydrogen-bond acceptors (Lipinski definition) is 4. The topological polar surface area (TPSA) is 46.2 Å². The summed E-state index contributed by atoms with van der Waals surface area (Å²) < 4.78 is 24.8. The SMILES string of the molecule is CNC(c1csc(I)c1)C1CCCC(S(C)(=O)=O)C1. The molecule has 0 radical (unpaired) electrons. The molecule has 6 heteroatoms. The first-order chi connectivity index (χ1) is 8.91. The van der Waals surface area contributed by atoms with E-state index in [-0.39, 0.29) is 11.3 Å². The minimum atomic E-state index is -2.90. The number of rotatable bonds is 4. The predicted molar refractivity (Wildman–Crippen MR) is 89.4 cm³/mol. The summed E-state index contributed by atoms with van der Waals surface area (Å²) in [4.78, 5) is 0. The van der Waals surface area contributed by atoms with Crippen molar-refractivity contribution in [1.29, 1.82) is 0 Å². The maximum Gasteiger partial charge on any atom is 0.150 e. The minimum Gasteiger partial charge on any atom is -0.313 e. The quantitative estimate of drug-likeness (QED) is 0.772. The van der Waals surface area contributed by atoms with Gasteiger partial charge in [0.2, 0.25) is 0 Å². The molecule has 1 aromatic heterocycles. The van der Waals surface area contributed by atoms with Crippen LogP contribution >= 0.6 is 33.9 Å². The van der Waals surface area contributed by atoms with Crippen molar-refractivity contribution in [1.82, 2.24) is 5.32 Å². The lowest BCUT2D eigenvalue weighted by Gasteiger charge is -2.33. The molecule has 3 atom stereocenters. The summed E-state index contributed by atoms with van der Waals surface area (Å²) >= 11 is 4.08. The zero-order valence-electron chi connectivity index (χ0n) is 11.2. The summed E-state index contributed by atoms with van der Waals surface area (Å²) in [5.74, 6) is 0.420. The van der Waals surface area contributed by atoms with Gasteiger partial charge >= 0.3 is 0 Å². The Morgan fingerprint density at radius 2 is 2.21 bits per heavy atom. The van der Waals surface area contributed by atoms with E-state index in [4.69, 9.17) is 0 Å². The average Bonchev–Trinajstić information content (AvgIpc) is 2.76. The highest BCUT2D eigenvalue weighted by molar-refractivity contribution is 14.1. The fraction of sp³-hybridized carbons (Fsp3) is 0.692. The first-order valence-corrected chi connectivity index (χ1v) is 10.4. The predicted octanol–water partition coefficient (Wildman–Crippen LogP) is 3.22. The van der Waals surface area contributed by atoms with Crippen LogP contribution in [0.1, 0.15) is 37.3 Å². The zero-order valence-corrected chi connectivity index (χ0v) is 15.0. The Hall–Kier alpha value is 0.340. The van der Waals surface area contributed by atoms with Crippen molar-refractivity contribution in [3.8, 4) is 0 Å². The van der Waals surface area contributed by atoms with Gasteiger partial charge < -0.3 is 5.32 Å². The van der Waals surface area contributed by atoms with Crippen molar-refractivity contribution in [3.05, 3.63) is 19.9 Å².